The van der Waals surface area contributed by atoms with Crippen LogP contribution in [0.2, 0.25) is 0 Å². The second-order valence-corrected chi connectivity index (χ2v) is 9.73. The molecule has 3 aliphatic rings. The summed E-state index contributed by atoms with van der Waals surface area (Å²) in [4.78, 5) is 41.6. The zero-order valence-corrected chi connectivity index (χ0v) is 21.1. The maximum atomic E-state index is 13.7. The van der Waals surface area contributed by atoms with Crippen LogP contribution in [0.25, 0.3) is 0 Å². The lowest BCUT2D eigenvalue weighted by Gasteiger charge is -2.26. The maximum Gasteiger partial charge on any atom is 0.264 e. The number of nitrogens with zero attached hydrogens (tertiary/aromatic N) is 6. The van der Waals surface area contributed by atoms with Crippen molar-refractivity contribution in [3.8, 4) is 0 Å². The van der Waals surface area contributed by atoms with E-state index in [9.17, 15) is 14.4 Å². The molecule has 0 bridgehead atoms. The Labute approximate surface area is 220 Å². The molecule has 0 N–H and O–H groups in total. The van der Waals surface area contributed by atoms with Crippen molar-refractivity contribution in [1.82, 2.24) is 10.0 Å². The van der Waals surface area contributed by atoms with Crippen LogP contribution in [0, 0.1) is 13.8 Å². The Bertz CT molecular complexity index is 1470. The molecule has 38 heavy (non-hydrogen) atoms. The van der Waals surface area contributed by atoms with Gasteiger partial charge in [0.25, 0.3) is 17.7 Å². The first-order valence-corrected chi connectivity index (χ1v) is 12.6. The number of carbonyl (C=O) groups excluding carboxylic acids is 3. The highest BCUT2D eigenvalue weighted by atomic mass is 16.2. The molecule has 0 aliphatic carbocycles. The van der Waals surface area contributed by atoms with Crippen LogP contribution in [0.3, 0.4) is 0 Å². The Morgan fingerprint density at radius 3 is 2.21 bits per heavy atom. The van der Waals surface area contributed by atoms with E-state index in [2.05, 4.69) is 10.3 Å². The molecule has 3 amide bonds. The third-order valence-corrected chi connectivity index (χ3v) is 7.28. The molecule has 3 aromatic rings. The number of imide groups is 1. The van der Waals surface area contributed by atoms with Crippen LogP contribution in [0.15, 0.2) is 94.3 Å². The quantitative estimate of drug-likeness (QED) is 0.489. The Balaban J connectivity index is 1.27. The maximum absolute atomic E-state index is 13.7. The van der Waals surface area contributed by atoms with Crippen molar-refractivity contribution in [2.45, 2.75) is 38.4 Å². The highest BCUT2D eigenvalue weighted by Crippen LogP contribution is 2.36. The number of hydrazone groups is 1. The number of fused-ring (bicyclic) bond motifs is 1. The number of benzene rings is 3. The first kappa shape index (κ1) is 23.7. The number of aryl methyl sites for hydroxylation is 2. The van der Waals surface area contributed by atoms with Crippen molar-refractivity contribution in [2.75, 3.05) is 11.4 Å². The molecular formula is C29H26N6O3. The average molecular weight is 507 g/mol. The monoisotopic (exact) mass is 506 g/mol. The Morgan fingerprint density at radius 2 is 1.53 bits per heavy atom. The Hall–Kier alpha value is -4.66. The van der Waals surface area contributed by atoms with Gasteiger partial charge in [0.1, 0.15) is 6.54 Å². The van der Waals surface area contributed by atoms with E-state index in [-0.39, 0.29) is 18.5 Å². The van der Waals surface area contributed by atoms with E-state index in [4.69, 9.17) is 5.10 Å². The van der Waals surface area contributed by atoms with Crippen molar-refractivity contribution >= 4 is 29.1 Å². The van der Waals surface area contributed by atoms with E-state index in [1.807, 2.05) is 92.7 Å². The van der Waals surface area contributed by atoms with Gasteiger partial charge in [0.05, 0.1) is 17.4 Å². The van der Waals surface area contributed by atoms with Crippen molar-refractivity contribution < 1.29 is 14.4 Å². The fourth-order valence-corrected chi connectivity index (χ4v) is 5.42. The zero-order valence-electron chi connectivity index (χ0n) is 21.1. The van der Waals surface area contributed by atoms with E-state index in [0.717, 1.165) is 28.0 Å². The first-order chi connectivity index (χ1) is 18.4. The van der Waals surface area contributed by atoms with Crippen LogP contribution >= 0.6 is 0 Å². The largest absolute Gasteiger partial charge is 0.271 e. The summed E-state index contributed by atoms with van der Waals surface area (Å²) < 4.78 is 0. The number of carbonyl (C=O) groups is 3. The topological polar surface area (TPSA) is 98.0 Å². The average Bonchev–Trinajstić information content (AvgIpc) is 3.62. The molecule has 0 spiro atoms. The highest BCUT2D eigenvalue weighted by Gasteiger charge is 2.55. The Morgan fingerprint density at radius 1 is 0.868 bits per heavy atom. The minimum absolute atomic E-state index is 0.223. The van der Waals surface area contributed by atoms with Crippen LogP contribution in [0.5, 0.6) is 0 Å². The van der Waals surface area contributed by atoms with Crippen LogP contribution in [0.4, 0.5) is 5.69 Å². The van der Waals surface area contributed by atoms with Gasteiger partial charge in [-0.2, -0.15) is 10.2 Å². The van der Waals surface area contributed by atoms with Gasteiger partial charge in [-0.25, -0.2) is 9.91 Å². The van der Waals surface area contributed by atoms with E-state index in [1.165, 1.54) is 14.9 Å². The number of hydrogen-bond acceptors (Lipinski definition) is 7. The van der Waals surface area contributed by atoms with Crippen molar-refractivity contribution in [1.29, 1.82) is 0 Å². The summed E-state index contributed by atoms with van der Waals surface area (Å²) in [5, 5.41) is 15.7. The lowest BCUT2D eigenvalue weighted by Crippen LogP contribution is -2.45. The molecular weight excluding hydrogens is 480 g/mol. The molecule has 6 rings (SSSR count). The van der Waals surface area contributed by atoms with Gasteiger partial charge in [0.15, 0.2) is 12.1 Å². The number of anilines is 1. The van der Waals surface area contributed by atoms with Gasteiger partial charge in [0, 0.05) is 6.42 Å². The minimum Gasteiger partial charge on any atom is -0.271 e. The fourth-order valence-electron chi connectivity index (χ4n) is 5.42. The summed E-state index contributed by atoms with van der Waals surface area (Å²) in [5.74, 6) is -1.18. The third kappa shape index (κ3) is 3.87. The summed E-state index contributed by atoms with van der Waals surface area (Å²) in [6.45, 7) is 3.50. The van der Waals surface area contributed by atoms with Crippen LogP contribution < -0.4 is 4.90 Å². The van der Waals surface area contributed by atoms with Crippen LogP contribution in [-0.2, 0) is 14.4 Å². The fraction of sp³-hybridized carbons (Fsp3) is 0.241. The number of para-hydroxylation sites is 1. The van der Waals surface area contributed by atoms with E-state index in [0.29, 0.717) is 12.1 Å². The van der Waals surface area contributed by atoms with Gasteiger partial charge in [0.2, 0.25) is 0 Å². The number of amides is 3. The minimum atomic E-state index is -0.971. The summed E-state index contributed by atoms with van der Waals surface area (Å²) in [7, 11) is 0. The summed E-state index contributed by atoms with van der Waals surface area (Å²) in [5.41, 5.74) is 4.92. The predicted molar refractivity (Wildman–Crippen MR) is 141 cm³/mol. The molecule has 0 aromatic heterocycles. The van der Waals surface area contributed by atoms with Crippen LogP contribution in [-0.4, -0.2) is 52.1 Å². The molecule has 9 nitrogen and oxygen atoms in total. The Kier molecular flexibility index (Phi) is 5.83. The number of hydrogen-bond donors (Lipinski definition) is 0. The molecule has 3 aromatic carbocycles. The summed E-state index contributed by atoms with van der Waals surface area (Å²) in [6, 6.07) is 22.9. The van der Waals surface area contributed by atoms with E-state index in [1.54, 1.807) is 0 Å². The smallest absolute Gasteiger partial charge is 0.264 e. The molecule has 0 radical (unpaired) electrons. The van der Waals surface area contributed by atoms with Crippen LogP contribution in [0.1, 0.15) is 34.7 Å². The second-order valence-electron chi connectivity index (χ2n) is 9.73. The SMILES string of the molecule is Cc1cccc(C)c1N1C(=O)[C@@H]2[C@@H](N=NN2CC(=O)N2N=C(c3ccccc3)C[C@H]2c2ccccc2)C1=O. The molecule has 3 aliphatic heterocycles. The van der Waals surface area contributed by atoms with Gasteiger partial charge in [-0.3, -0.25) is 19.4 Å². The van der Waals surface area contributed by atoms with Gasteiger partial charge >= 0.3 is 0 Å². The zero-order chi connectivity index (χ0) is 26.4. The standard InChI is InChI=1S/C29H26N6O3/c1-18-10-9-11-19(2)26(18)34-28(37)25-27(29(34)38)33(32-30-25)17-24(36)35-23(21-14-7-4-8-15-21)16-22(31-35)20-12-5-3-6-13-20/h3-15,23,25,27H,16-17H2,1-2H3/t23-,25+,27-/m0/s1. The normalized spacial score (nSPS) is 22.3. The molecule has 9 heteroatoms. The first-order valence-electron chi connectivity index (χ1n) is 12.6. The van der Waals surface area contributed by atoms with Crippen molar-refractivity contribution in [3.63, 3.8) is 0 Å². The molecule has 190 valence electrons. The third-order valence-electron chi connectivity index (χ3n) is 7.28. The van der Waals surface area contributed by atoms with Gasteiger partial charge < -0.3 is 0 Å². The summed E-state index contributed by atoms with van der Waals surface area (Å²) >= 11 is 0. The van der Waals surface area contributed by atoms with Crippen molar-refractivity contribution in [3.05, 3.63) is 101 Å². The summed E-state index contributed by atoms with van der Waals surface area (Å²) in [6.07, 6.45) is 0.561. The molecule has 3 atom stereocenters. The second kappa shape index (κ2) is 9.33. The van der Waals surface area contributed by atoms with E-state index >= 15 is 0 Å². The molecule has 1 fully saturated rings. The van der Waals surface area contributed by atoms with Gasteiger partial charge in [-0.15, -0.1) is 0 Å². The predicted octanol–water partition coefficient (Wildman–Crippen LogP) is 3.97. The molecule has 3 heterocycles. The molecule has 0 unspecified atom stereocenters. The molecule has 1 saturated heterocycles. The lowest BCUT2D eigenvalue weighted by molar-refractivity contribution is -0.135. The van der Waals surface area contributed by atoms with Gasteiger partial charge in [-0.1, -0.05) is 84.1 Å². The van der Waals surface area contributed by atoms with Gasteiger partial charge in [-0.05, 0) is 36.1 Å². The highest BCUT2D eigenvalue weighted by molar-refractivity contribution is 6.26. The van der Waals surface area contributed by atoms with E-state index < -0.39 is 23.9 Å². The molecule has 0 saturated carbocycles. The van der Waals surface area contributed by atoms with Crippen molar-refractivity contribution in [2.24, 2.45) is 15.4 Å². The number of rotatable bonds is 5. The lowest BCUT2D eigenvalue weighted by atomic mass is 9.98.